The Morgan fingerprint density at radius 2 is 2.23 bits per heavy atom. The first-order valence-electron chi connectivity index (χ1n) is 4.19. The molecule has 0 unspecified atom stereocenters. The lowest BCUT2D eigenvalue weighted by molar-refractivity contribution is 0.0990. The molecule has 0 aliphatic carbocycles. The van der Waals surface area contributed by atoms with Gasteiger partial charge >= 0.3 is 0 Å². The number of amides is 1. The number of hydrogen-bond donors (Lipinski definition) is 2. The van der Waals surface area contributed by atoms with E-state index in [1.165, 1.54) is 4.68 Å². The largest absolute Gasteiger partial charge is 0.382 e. The van der Waals surface area contributed by atoms with Crippen molar-refractivity contribution in [1.29, 1.82) is 0 Å². The summed E-state index contributed by atoms with van der Waals surface area (Å²) in [6.45, 7) is 2.01. The van der Waals surface area contributed by atoms with Crippen LogP contribution in [0, 0.1) is 0 Å². The molecule has 72 valence electrons. The summed E-state index contributed by atoms with van der Waals surface area (Å²) in [4.78, 5) is 11.0. The predicted molar refractivity (Wildman–Crippen MR) is 50.1 cm³/mol. The summed E-state index contributed by atoms with van der Waals surface area (Å²) >= 11 is 0. The molecule has 1 aromatic heterocycles. The van der Waals surface area contributed by atoms with E-state index in [9.17, 15) is 4.79 Å². The Balaban J connectivity index is 3.20. The van der Waals surface area contributed by atoms with Gasteiger partial charge in [0.2, 0.25) is 0 Å². The van der Waals surface area contributed by atoms with Crippen LogP contribution >= 0.6 is 0 Å². The maximum absolute atomic E-state index is 11.0. The van der Waals surface area contributed by atoms with E-state index >= 15 is 0 Å². The third-order valence-corrected chi connectivity index (χ3v) is 1.91. The van der Waals surface area contributed by atoms with Crippen LogP contribution in [0.5, 0.6) is 0 Å². The van der Waals surface area contributed by atoms with Crippen LogP contribution in [-0.2, 0) is 13.5 Å². The van der Waals surface area contributed by atoms with Crippen molar-refractivity contribution in [3.05, 3.63) is 11.3 Å². The van der Waals surface area contributed by atoms with Crippen LogP contribution in [0.4, 0.5) is 5.82 Å². The lowest BCUT2D eigenvalue weighted by Crippen LogP contribution is -2.17. The van der Waals surface area contributed by atoms with Gasteiger partial charge in [0.25, 0.3) is 5.91 Å². The number of hydrogen-bond acceptors (Lipinski definition) is 3. The van der Waals surface area contributed by atoms with Crippen LogP contribution in [0.25, 0.3) is 0 Å². The van der Waals surface area contributed by atoms with Crippen molar-refractivity contribution in [2.45, 2.75) is 19.8 Å². The van der Waals surface area contributed by atoms with Crippen LogP contribution in [0.2, 0.25) is 0 Å². The zero-order valence-electron chi connectivity index (χ0n) is 7.87. The smallest absolute Gasteiger partial charge is 0.267 e. The standard InChI is InChI=1S/C8H14N4O/c1-3-4-5-6(8(10)13)12(2)11-7(5)9/h3-4H2,1-2H3,(H2,9,11)(H2,10,13). The molecule has 0 aliphatic heterocycles. The molecule has 5 nitrogen and oxygen atoms in total. The average molecular weight is 182 g/mol. The maximum atomic E-state index is 11.0. The van der Waals surface area contributed by atoms with Crippen molar-refractivity contribution in [2.24, 2.45) is 12.8 Å². The van der Waals surface area contributed by atoms with Gasteiger partial charge in [0.15, 0.2) is 0 Å². The van der Waals surface area contributed by atoms with Crippen molar-refractivity contribution in [1.82, 2.24) is 9.78 Å². The molecule has 0 fully saturated rings. The zero-order chi connectivity index (χ0) is 10.0. The molecule has 0 spiro atoms. The Kier molecular flexibility index (Phi) is 2.55. The zero-order valence-corrected chi connectivity index (χ0v) is 7.87. The fraction of sp³-hybridized carbons (Fsp3) is 0.500. The molecular weight excluding hydrogens is 168 g/mol. The number of anilines is 1. The van der Waals surface area contributed by atoms with Gasteiger partial charge in [-0.25, -0.2) is 0 Å². The van der Waals surface area contributed by atoms with E-state index in [2.05, 4.69) is 5.10 Å². The van der Waals surface area contributed by atoms with Crippen molar-refractivity contribution in [3.8, 4) is 0 Å². The number of nitrogens with two attached hydrogens (primary N) is 2. The highest BCUT2D eigenvalue weighted by atomic mass is 16.1. The van der Waals surface area contributed by atoms with Crippen molar-refractivity contribution in [2.75, 3.05) is 5.73 Å². The van der Waals surface area contributed by atoms with Crippen LogP contribution in [0.15, 0.2) is 0 Å². The van der Waals surface area contributed by atoms with Crippen LogP contribution in [-0.4, -0.2) is 15.7 Å². The molecule has 1 rings (SSSR count). The summed E-state index contributed by atoms with van der Waals surface area (Å²) in [5.74, 6) is -0.0756. The molecule has 1 amide bonds. The van der Waals surface area contributed by atoms with E-state index in [4.69, 9.17) is 11.5 Å². The van der Waals surface area contributed by atoms with Gasteiger partial charge in [-0.15, -0.1) is 0 Å². The highest BCUT2D eigenvalue weighted by Crippen LogP contribution is 2.16. The summed E-state index contributed by atoms with van der Waals surface area (Å²) in [5, 5.41) is 3.94. The molecule has 1 aromatic rings. The van der Waals surface area contributed by atoms with E-state index in [1.54, 1.807) is 7.05 Å². The highest BCUT2D eigenvalue weighted by molar-refractivity contribution is 5.93. The number of primary amides is 1. The van der Waals surface area contributed by atoms with Gasteiger partial charge in [-0.2, -0.15) is 5.10 Å². The number of aryl methyl sites for hydroxylation is 1. The first-order valence-corrected chi connectivity index (χ1v) is 4.19. The van der Waals surface area contributed by atoms with Gasteiger partial charge < -0.3 is 11.5 Å². The quantitative estimate of drug-likeness (QED) is 0.692. The lowest BCUT2D eigenvalue weighted by Gasteiger charge is -1.99. The molecule has 0 saturated heterocycles. The van der Waals surface area contributed by atoms with Gasteiger partial charge in [-0.3, -0.25) is 9.48 Å². The number of carbonyl (C=O) groups excluding carboxylic acids is 1. The third-order valence-electron chi connectivity index (χ3n) is 1.91. The highest BCUT2D eigenvalue weighted by Gasteiger charge is 2.16. The monoisotopic (exact) mass is 182 g/mol. The fourth-order valence-corrected chi connectivity index (χ4v) is 1.39. The molecule has 0 radical (unpaired) electrons. The van der Waals surface area contributed by atoms with E-state index in [0.717, 1.165) is 18.4 Å². The first-order chi connectivity index (χ1) is 6.07. The molecule has 0 saturated carbocycles. The molecule has 0 aromatic carbocycles. The van der Waals surface area contributed by atoms with E-state index in [1.807, 2.05) is 6.92 Å². The molecule has 5 heteroatoms. The number of aromatic nitrogens is 2. The second kappa shape index (κ2) is 3.47. The average Bonchev–Trinajstić information content (AvgIpc) is 2.27. The fourth-order valence-electron chi connectivity index (χ4n) is 1.39. The summed E-state index contributed by atoms with van der Waals surface area (Å²) in [7, 11) is 1.66. The van der Waals surface area contributed by atoms with Crippen molar-refractivity contribution < 1.29 is 4.79 Å². The molecule has 1 heterocycles. The summed E-state index contributed by atoms with van der Waals surface area (Å²) in [5.41, 5.74) is 12.0. The molecule has 13 heavy (non-hydrogen) atoms. The number of rotatable bonds is 3. The minimum absolute atomic E-state index is 0.401. The van der Waals surface area contributed by atoms with E-state index in [0.29, 0.717) is 11.5 Å². The topological polar surface area (TPSA) is 86.9 Å². The number of nitrogens with zero attached hydrogens (tertiary/aromatic N) is 2. The summed E-state index contributed by atoms with van der Waals surface area (Å²) in [6.07, 6.45) is 1.65. The third kappa shape index (κ3) is 1.63. The number of nitrogen functional groups attached to an aromatic ring is 1. The molecule has 0 aliphatic rings. The van der Waals surface area contributed by atoms with Gasteiger partial charge in [0.1, 0.15) is 11.5 Å². The van der Waals surface area contributed by atoms with Crippen molar-refractivity contribution in [3.63, 3.8) is 0 Å². The van der Waals surface area contributed by atoms with Crippen LogP contribution in [0.3, 0.4) is 0 Å². The molecule has 0 atom stereocenters. The Morgan fingerprint density at radius 3 is 2.69 bits per heavy atom. The second-order valence-electron chi connectivity index (χ2n) is 2.95. The molecular formula is C8H14N4O. The lowest BCUT2D eigenvalue weighted by atomic mass is 10.1. The van der Waals surface area contributed by atoms with Crippen LogP contribution in [0.1, 0.15) is 29.4 Å². The normalized spacial score (nSPS) is 10.3. The summed E-state index contributed by atoms with van der Waals surface area (Å²) < 4.78 is 1.43. The molecule has 4 N–H and O–H groups in total. The van der Waals surface area contributed by atoms with E-state index < -0.39 is 5.91 Å². The summed E-state index contributed by atoms with van der Waals surface area (Å²) in [6, 6.07) is 0. The Bertz CT molecular complexity index is 329. The second-order valence-corrected chi connectivity index (χ2v) is 2.95. The number of carbonyl (C=O) groups is 1. The SMILES string of the molecule is CCCc1c(N)nn(C)c1C(N)=O. The van der Waals surface area contributed by atoms with E-state index in [-0.39, 0.29) is 0 Å². The Morgan fingerprint density at radius 1 is 1.62 bits per heavy atom. The van der Waals surface area contributed by atoms with Crippen LogP contribution < -0.4 is 11.5 Å². The van der Waals surface area contributed by atoms with Crippen molar-refractivity contribution >= 4 is 11.7 Å². The Hall–Kier alpha value is -1.52. The van der Waals surface area contributed by atoms with Gasteiger partial charge in [-0.05, 0) is 6.42 Å². The minimum atomic E-state index is -0.477. The van der Waals surface area contributed by atoms with Gasteiger partial charge in [0, 0.05) is 12.6 Å². The van der Waals surface area contributed by atoms with Gasteiger partial charge in [0.05, 0.1) is 0 Å². The molecule has 0 bridgehead atoms. The Labute approximate surface area is 76.7 Å². The first kappa shape index (κ1) is 9.57. The minimum Gasteiger partial charge on any atom is -0.382 e. The van der Waals surface area contributed by atoms with Gasteiger partial charge in [-0.1, -0.05) is 13.3 Å². The maximum Gasteiger partial charge on any atom is 0.267 e. The predicted octanol–water partition coefficient (Wildman–Crippen LogP) is 0.0537.